The van der Waals surface area contributed by atoms with Gasteiger partial charge < -0.3 is 5.32 Å². The Kier molecular flexibility index (Phi) is 6.39. The van der Waals surface area contributed by atoms with Crippen molar-refractivity contribution in [3.8, 4) is 0 Å². The van der Waals surface area contributed by atoms with Crippen molar-refractivity contribution in [1.82, 2.24) is 5.32 Å². The van der Waals surface area contributed by atoms with Crippen LogP contribution >= 0.6 is 0 Å². The van der Waals surface area contributed by atoms with Crippen LogP contribution in [0.25, 0.3) is 0 Å². The van der Waals surface area contributed by atoms with E-state index in [9.17, 15) is 17.6 Å². The number of rotatable bonds is 7. The molecule has 0 bridgehead atoms. The van der Waals surface area contributed by atoms with Crippen molar-refractivity contribution in [1.29, 1.82) is 0 Å². The summed E-state index contributed by atoms with van der Waals surface area (Å²) in [5, 5.41) is 1.99. The number of hydrogen-bond acceptors (Lipinski definition) is 4. The summed E-state index contributed by atoms with van der Waals surface area (Å²) in [5.74, 6) is 0. The molecule has 0 heterocycles. The van der Waals surface area contributed by atoms with E-state index in [0.29, 0.717) is 19.3 Å². The average molecular weight is 227 g/mol. The van der Waals surface area contributed by atoms with E-state index < -0.39 is 16.3 Å². The molecule has 0 radical (unpaired) electrons. The SMILES string of the molecule is CS(=O)(=O)OCCCCCNC(=O)F. The van der Waals surface area contributed by atoms with Gasteiger partial charge in [0, 0.05) is 6.54 Å². The van der Waals surface area contributed by atoms with E-state index in [2.05, 4.69) is 4.18 Å². The molecule has 0 aliphatic carbocycles. The summed E-state index contributed by atoms with van der Waals surface area (Å²) in [6.45, 7) is 0.386. The lowest BCUT2D eigenvalue weighted by atomic mass is 10.2. The van der Waals surface area contributed by atoms with E-state index in [1.165, 1.54) is 0 Å². The molecule has 0 aliphatic rings. The largest absolute Gasteiger partial charge is 0.397 e. The molecule has 1 N–H and O–H groups in total. The summed E-state index contributed by atoms with van der Waals surface area (Å²) in [5.41, 5.74) is 0. The van der Waals surface area contributed by atoms with E-state index in [1.54, 1.807) is 0 Å². The highest BCUT2D eigenvalue weighted by Gasteiger charge is 2.00. The summed E-state index contributed by atoms with van der Waals surface area (Å²) in [4.78, 5) is 9.78. The third-order valence-corrected chi connectivity index (χ3v) is 1.98. The lowest BCUT2D eigenvalue weighted by Crippen LogP contribution is -2.18. The van der Waals surface area contributed by atoms with Crippen LogP contribution < -0.4 is 5.32 Å². The van der Waals surface area contributed by atoms with Crippen LogP contribution in [0.2, 0.25) is 0 Å². The zero-order valence-electron chi connectivity index (χ0n) is 7.95. The van der Waals surface area contributed by atoms with Gasteiger partial charge in [0.15, 0.2) is 0 Å². The standard InChI is InChI=1S/C7H14FNO4S/c1-14(11,12)13-6-4-2-3-5-9-7(8)10/h2-6H2,1H3,(H,9,10). The molecule has 0 saturated heterocycles. The molecule has 0 spiro atoms. The van der Waals surface area contributed by atoms with Crippen LogP contribution in [0.1, 0.15) is 19.3 Å². The summed E-state index contributed by atoms with van der Waals surface area (Å²) in [7, 11) is -3.36. The summed E-state index contributed by atoms with van der Waals surface area (Å²) in [6, 6.07) is 0. The first kappa shape index (κ1) is 13.3. The Bertz CT molecular complexity index is 265. The van der Waals surface area contributed by atoms with E-state index in [-0.39, 0.29) is 13.2 Å². The second kappa shape index (κ2) is 6.72. The number of hydrogen-bond donors (Lipinski definition) is 1. The molecule has 7 heteroatoms. The van der Waals surface area contributed by atoms with Crippen molar-refractivity contribution in [2.75, 3.05) is 19.4 Å². The number of carbonyl (C=O) groups is 1. The third-order valence-electron chi connectivity index (χ3n) is 1.38. The van der Waals surface area contributed by atoms with Gasteiger partial charge in [-0.15, -0.1) is 4.39 Å². The highest BCUT2D eigenvalue weighted by molar-refractivity contribution is 7.85. The van der Waals surface area contributed by atoms with Crippen LogP contribution in [0.3, 0.4) is 0 Å². The second-order valence-electron chi connectivity index (χ2n) is 2.79. The number of nitrogens with one attached hydrogen (secondary N) is 1. The van der Waals surface area contributed by atoms with E-state index in [4.69, 9.17) is 0 Å². The van der Waals surface area contributed by atoms with Gasteiger partial charge in [-0.05, 0) is 19.3 Å². The van der Waals surface area contributed by atoms with Gasteiger partial charge in [0.05, 0.1) is 12.9 Å². The lowest BCUT2D eigenvalue weighted by Gasteiger charge is -2.01. The van der Waals surface area contributed by atoms with Crippen LogP contribution in [0, 0.1) is 0 Å². The topological polar surface area (TPSA) is 72.5 Å². The predicted octanol–water partition coefficient (Wildman–Crippen LogP) is 0.812. The molecule has 5 nitrogen and oxygen atoms in total. The van der Waals surface area contributed by atoms with Gasteiger partial charge in [-0.3, -0.25) is 4.18 Å². The predicted molar refractivity (Wildman–Crippen MR) is 49.2 cm³/mol. The molecule has 0 aromatic heterocycles. The average Bonchev–Trinajstić information content (AvgIpc) is 2.00. The molecule has 84 valence electrons. The van der Waals surface area contributed by atoms with Crippen LogP contribution in [0.15, 0.2) is 0 Å². The van der Waals surface area contributed by atoms with Gasteiger partial charge in [0.2, 0.25) is 0 Å². The van der Waals surface area contributed by atoms with Gasteiger partial charge in [-0.2, -0.15) is 8.42 Å². The fraction of sp³-hybridized carbons (Fsp3) is 0.857. The molecular formula is C7H14FNO4S. The Morgan fingerprint density at radius 2 is 2.00 bits per heavy atom. The Labute approximate surface area is 82.8 Å². The second-order valence-corrected chi connectivity index (χ2v) is 4.43. The molecule has 0 rings (SSSR count). The van der Waals surface area contributed by atoms with Crippen molar-refractivity contribution < 1.29 is 21.8 Å². The van der Waals surface area contributed by atoms with Gasteiger partial charge in [0.25, 0.3) is 10.1 Å². The third kappa shape index (κ3) is 11.3. The van der Waals surface area contributed by atoms with Crippen molar-refractivity contribution in [2.24, 2.45) is 0 Å². The molecule has 1 amide bonds. The highest BCUT2D eigenvalue weighted by atomic mass is 32.2. The fourth-order valence-electron chi connectivity index (χ4n) is 0.801. The molecule has 0 aromatic rings. The zero-order chi connectivity index (χ0) is 11.0. The minimum atomic E-state index is -3.36. The van der Waals surface area contributed by atoms with Crippen molar-refractivity contribution in [3.63, 3.8) is 0 Å². The van der Waals surface area contributed by atoms with Gasteiger partial charge in [-0.1, -0.05) is 0 Å². The van der Waals surface area contributed by atoms with Crippen LogP contribution in [0.4, 0.5) is 9.18 Å². The normalized spacial score (nSPS) is 11.3. The van der Waals surface area contributed by atoms with E-state index in [0.717, 1.165) is 6.26 Å². The fourth-order valence-corrected chi connectivity index (χ4v) is 1.22. The maximum Gasteiger partial charge on any atom is 0.397 e. The molecule has 0 aromatic carbocycles. The first-order valence-electron chi connectivity index (χ1n) is 4.19. The minimum absolute atomic E-state index is 0.127. The lowest BCUT2D eigenvalue weighted by molar-refractivity contribution is 0.221. The molecule has 0 unspecified atom stereocenters. The molecule has 0 saturated carbocycles. The number of halogens is 1. The van der Waals surface area contributed by atoms with Gasteiger partial charge in [-0.25, -0.2) is 4.79 Å². The van der Waals surface area contributed by atoms with E-state index in [1.807, 2.05) is 5.32 Å². The summed E-state index contributed by atoms with van der Waals surface area (Å²) >= 11 is 0. The minimum Gasteiger partial charge on any atom is -0.328 e. The molecular weight excluding hydrogens is 213 g/mol. The Balaban J connectivity index is 3.19. The van der Waals surface area contributed by atoms with E-state index >= 15 is 0 Å². The van der Waals surface area contributed by atoms with Crippen molar-refractivity contribution >= 4 is 16.3 Å². The van der Waals surface area contributed by atoms with Crippen LogP contribution in [0.5, 0.6) is 0 Å². The van der Waals surface area contributed by atoms with Crippen molar-refractivity contribution in [2.45, 2.75) is 19.3 Å². The van der Waals surface area contributed by atoms with Crippen LogP contribution in [-0.4, -0.2) is 34.0 Å². The quantitative estimate of drug-likeness (QED) is 0.302. The van der Waals surface area contributed by atoms with Crippen molar-refractivity contribution in [3.05, 3.63) is 0 Å². The zero-order valence-corrected chi connectivity index (χ0v) is 8.77. The number of carbonyl (C=O) groups excluding carboxylic acids is 1. The number of amides is 1. The molecule has 0 aliphatic heterocycles. The highest BCUT2D eigenvalue weighted by Crippen LogP contribution is 1.97. The summed E-state index contributed by atoms with van der Waals surface area (Å²) < 4.78 is 37.0. The smallest absolute Gasteiger partial charge is 0.328 e. The summed E-state index contributed by atoms with van der Waals surface area (Å²) in [6.07, 6.45) is 1.28. The molecule has 0 atom stereocenters. The van der Waals surface area contributed by atoms with Gasteiger partial charge in [0.1, 0.15) is 0 Å². The van der Waals surface area contributed by atoms with Gasteiger partial charge >= 0.3 is 6.16 Å². The van der Waals surface area contributed by atoms with Crippen LogP contribution in [-0.2, 0) is 14.3 Å². The maximum atomic E-state index is 11.6. The Morgan fingerprint density at radius 1 is 1.36 bits per heavy atom. The molecule has 14 heavy (non-hydrogen) atoms. The first-order valence-corrected chi connectivity index (χ1v) is 6.01. The first-order chi connectivity index (χ1) is 6.42. The Hall–Kier alpha value is -0.690. The molecule has 0 fully saturated rings. The maximum absolute atomic E-state index is 11.6. The number of unbranched alkanes of at least 4 members (excludes halogenated alkanes) is 2. The monoisotopic (exact) mass is 227 g/mol. The Morgan fingerprint density at radius 3 is 2.50 bits per heavy atom.